The van der Waals surface area contributed by atoms with Gasteiger partial charge in [0, 0.05) is 52.4 Å². The highest BCUT2D eigenvalue weighted by Gasteiger charge is 2.20. The molecule has 0 saturated carbocycles. The molecule has 0 unspecified atom stereocenters. The van der Waals surface area contributed by atoms with Crippen molar-refractivity contribution in [3.05, 3.63) is 6.92 Å². The van der Waals surface area contributed by atoms with E-state index in [4.69, 9.17) is 24.1 Å². The Morgan fingerprint density at radius 2 is 0.845 bits per heavy atom. The monoisotopic (exact) mass is 831 g/mol. The lowest BCUT2D eigenvalue weighted by Crippen LogP contribution is -2.41. The van der Waals surface area contributed by atoms with Crippen LogP contribution in [0.1, 0.15) is 122 Å². The summed E-state index contributed by atoms with van der Waals surface area (Å²) in [6.07, 6.45) is 16.1. The van der Waals surface area contributed by atoms with E-state index in [2.05, 4.69) is 33.5 Å². The van der Waals surface area contributed by atoms with Crippen LogP contribution in [0.5, 0.6) is 0 Å². The van der Waals surface area contributed by atoms with Crippen molar-refractivity contribution < 1.29 is 62.7 Å². The SMILES string of the molecule is [CH2]C(=O)NCCCNC(=O)COCCOCCNC(=O)COCCOCCNC(=O)CC[C@H](NC(=O)CCCCCCCCCCCCCCCCC(=O)O)C(=O)O. The van der Waals surface area contributed by atoms with Gasteiger partial charge < -0.3 is 55.7 Å². The molecule has 18 nitrogen and oxygen atoms in total. The second-order valence-corrected chi connectivity index (χ2v) is 13.9. The van der Waals surface area contributed by atoms with Crippen LogP contribution in [0.15, 0.2) is 0 Å². The lowest BCUT2D eigenvalue weighted by molar-refractivity contribution is -0.142. The van der Waals surface area contributed by atoms with Gasteiger partial charge in [0.1, 0.15) is 19.3 Å². The van der Waals surface area contributed by atoms with Gasteiger partial charge in [-0.15, -0.1) is 0 Å². The third-order valence-electron chi connectivity index (χ3n) is 8.68. The Morgan fingerprint density at radius 1 is 0.431 bits per heavy atom. The van der Waals surface area contributed by atoms with Gasteiger partial charge in [0.05, 0.1) is 39.6 Å². The third kappa shape index (κ3) is 40.3. The fourth-order valence-corrected chi connectivity index (χ4v) is 5.51. The summed E-state index contributed by atoms with van der Waals surface area (Å²) in [5.74, 6) is -3.55. The summed E-state index contributed by atoms with van der Waals surface area (Å²) < 4.78 is 21.2. The summed E-state index contributed by atoms with van der Waals surface area (Å²) in [6, 6.07) is -1.14. The Labute approximate surface area is 344 Å². The molecule has 0 aliphatic carbocycles. The molecule has 335 valence electrons. The summed E-state index contributed by atoms with van der Waals surface area (Å²) in [4.78, 5) is 80.8. The van der Waals surface area contributed by atoms with Crippen molar-refractivity contribution in [2.75, 3.05) is 79.0 Å². The zero-order valence-electron chi connectivity index (χ0n) is 34.6. The van der Waals surface area contributed by atoms with Gasteiger partial charge in [-0.25, -0.2) is 4.79 Å². The molecule has 0 fully saturated rings. The van der Waals surface area contributed by atoms with E-state index in [-0.39, 0.29) is 121 Å². The number of amides is 5. The van der Waals surface area contributed by atoms with Gasteiger partial charge in [-0.05, 0) is 25.7 Å². The lowest BCUT2D eigenvalue weighted by atomic mass is 10.0. The number of carbonyl (C=O) groups is 7. The molecule has 0 saturated heterocycles. The van der Waals surface area contributed by atoms with Crippen LogP contribution in [0.4, 0.5) is 0 Å². The van der Waals surface area contributed by atoms with Gasteiger partial charge in [-0.1, -0.05) is 77.0 Å². The van der Waals surface area contributed by atoms with E-state index in [9.17, 15) is 38.7 Å². The van der Waals surface area contributed by atoms with Crippen molar-refractivity contribution in [2.24, 2.45) is 0 Å². The van der Waals surface area contributed by atoms with Gasteiger partial charge in [-0.3, -0.25) is 28.8 Å². The van der Waals surface area contributed by atoms with E-state index >= 15 is 0 Å². The summed E-state index contributed by atoms with van der Waals surface area (Å²) in [5.41, 5.74) is 0. The maximum Gasteiger partial charge on any atom is 0.326 e. The molecule has 5 amide bonds. The van der Waals surface area contributed by atoms with Crippen molar-refractivity contribution in [1.29, 1.82) is 0 Å². The first-order chi connectivity index (χ1) is 28.0. The van der Waals surface area contributed by atoms with Crippen molar-refractivity contribution in [3.63, 3.8) is 0 Å². The van der Waals surface area contributed by atoms with Crippen molar-refractivity contribution >= 4 is 41.5 Å². The molecule has 0 rings (SSSR count). The number of rotatable bonds is 42. The normalized spacial score (nSPS) is 11.4. The first kappa shape index (κ1) is 54.1. The fourth-order valence-electron chi connectivity index (χ4n) is 5.51. The average molecular weight is 831 g/mol. The second-order valence-electron chi connectivity index (χ2n) is 13.9. The second kappa shape index (κ2) is 39.9. The van der Waals surface area contributed by atoms with E-state index in [0.29, 0.717) is 25.9 Å². The highest BCUT2D eigenvalue weighted by molar-refractivity contribution is 5.84. The Balaban J connectivity index is 3.64. The van der Waals surface area contributed by atoms with E-state index in [1.165, 1.54) is 44.9 Å². The zero-order valence-corrected chi connectivity index (χ0v) is 34.6. The highest BCUT2D eigenvalue weighted by atomic mass is 16.5. The standard InChI is InChI=1S/C40H72N5O13/c1-33(46)41-21-16-22-42-37(49)31-57-29-28-56-26-24-44-38(50)32-58-30-27-55-25-23-43-35(47)20-19-34(40(53)54)45-36(48)17-14-12-10-8-6-4-2-3-5-7-9-11-13-15-18-39(51)52/h34H,1-32H2,(H,41,46)(H,42,49)(H,43,47)(H,44,50)(H,45,48)(H,51,52)(H,53,54)/t34-/m0/s1. The van der Waals surface area contributed by atoms with Crippen LogP contribution in [0.3, 0.4) is 0 Å². The number of carbonyl (C=O) groups excluding carboxylic acids is 5. The average Bonchev–Trinajstić information content (AvgIpc) is 3.17. The maximum absolute atomic E-state index is 12.3. The minimum Gasteiger partial charge on any atom is -0.481 e. The van der Waals surface area contributed by atoms with Crippen LogP contribution >= 0.6 is 0 Å². The van der Waals surface area contributed by atoms with Gasteiger partial charge >= 0.3 is 11.9 Å². The molecule has 0 spiro atoms. The molecule has 58 heavy (non-hydrogen) atoms. The lowest BCUT2D eigenvalue weighted by Gasteiger charge is -2.14. The van der Waals surface area contributed by atoms with Gasteiger partial charge in [0.25, 0.3) is 0 Å². The van der Waals surface area contributed by atoms with Crippen molar-refractivity contribution in [3.8, 4) is 0 Å². The van der Waals surface area contributed by atoms with Crippen molar-refractivity contribution in [2.45, 2.75) is 128 Å². The number of hydrogen-bond acceptors (Lipinski definition) is 11. The molecule has 0 heterocycles. The number of ether oxygens (including phenoxy) is 4. The Hall–Kier alpha value is -3.87. The molecule has 18 heteroatoms. The van der Waals surface area contributed by atoms with Crippen LogP contribution in [0, 0.1) is 6.92 Å². The summed E-state index contributed by atoms with van der Waals surface area (Å²) in [6.45, 7) is 5.52. The molecule has 0 aliphatic heterocycles. The van der Waals surface area contributed by atoms with Crippen LogP contribution in [0.2, 0.25) is 0 Å². The van der Waals surface area contributed by atoms with E-state index in [0.717, 1.165) is 38.5 Å². The third-order valence-corrected chi connectivity index (χ3v) is 8.68. The summed E-state index contributed by atoms with van der Waals surface area (Å²) in [7, 11) is 0. The predicted molar refractivity (Wildman–Crippen MR) is 216 cm³/mol. The molecule has 0 aliphatic rings. The maximum atomic E-state index is 12.3. The van der Waals surface area contributed by atoms with Crippen LogP contribution in [-0.4, -0.2) is 137 Å². The minimum atomic E-state index is -1.18. The first-order valence-electron chi connectivity index (χ1n) is 21.0. The number of aliphatic carboxylic acids is 2. The quantitative estimate of drug-likeness (QED) is 0.0437. The number of hydrogen-bond donors (Lipinski definition) is 7. The molecule has 0 bridgehead atoms. The molecule has 1 radical (unpaired) electrons. The number of nitrogens with one attached hydrogen (secondary N) is 5. The molecule has 7 N–H and O–H groups in total. The van der Waals surface area contributed by atoms with E-state index in [1.807, 2.05) is 0 Å². The van der Waals surface area contributed by atoms with Crippen molar-refractivity contribution in [1.82, 2.24) is 26.6 Å². The molecule has 0 aromatic rings. The molecular weight excluding hydrogens is 758 g/mol. The van der Waals surface area contributed by atoms with Gasteiger partial charge in [-0.2, -0.15) is 0 Å². The Bertz CT molecular complexity index is 1130. The summed E-state index contributed by atoms with van der Waals surface area (Å²) >= 11 is 0. The summed E-state index contributed by atoms with van der Waals surface area (Å²) in [5, 5.41) is 31.2. The Kier molecular flexibility index (Phi) is 37.3. The van der Waals surface area contributed by atoms with Gasteiger partial charge in [0.15, 0.2) is 0 Å². The molecule has 0 aromatic carbocycles. The van der Waals surface area contributed by atoms with Crippen LogP contribution < -0.4 is 26.6 Å². The Morgan fingerprint density at radius 3 is 1.31 bits per heavy atom. The number of carboxylic acids is 2. The molecular formula is C40H72N5O13. The smallest absolute Gasteiger partial charge is 0.326 e. The number of carboxylic acid groups (broad SMARTS) is 2. The highest BCUT2D eigenvalue weighted by Crippen LogP contribution is 2.14. The zero-order chi connectivity index (χ0) is 42.9. The number of unbranched alkanes of at least 4 members (excludes halogenated alkanes) is 13. The minimum absolute atomic E-state index is 0.0274. The fraction of sp³-hybridized carbons (Fsp3) is 0.800. The van der Waals surface area contributed by atoms with Crippen LogP contribution in [0.25, 0.3) is 0 Å². The predicted octanol–water partition coefficient (Wildman–Crippen LogP) is 2.42. The molecule has 1 atom stereocenters. The molecule has 0 aromatic heterocycles. The first-order valence-corrected chi connectivity index (χ1v) is 21.0. The van der Waals surface area contributed by atoms with E-state index in [1.54, 1.807) is 0 Å². The van der Waals surface area contributed by atoms with Gasteiger partial charge in [0.2, 0.25) is 29.5 Å². The van der Waals surface area contributed by atoms with Crippen LogP contribution in [-0.2, 0) is 52.5 Å². The largest absolute Gasteiger partial charge is 0.481 e. The topological polar surface area (TPSA) is 257 Å². The van der Waals surface area contributed by atoms with E-state index < -0.39 is 18.0 Å².